The molecule has 0 aliphatic carbocycles. The Kier molecular flexibility index (Phi) is 2.51. The average molecular weight is 230 g/mol. The minimum absolute atomic E-state index is 0.451. The maximum Gasteiger partial charge on any atom is 0.141 e. The first-order chi connectivity index (χ1) is 8.88. The molecule has 2 aromatic carbocycles. The van der Waals surface area contributed by atoms with Crippen LogP contribution in [0.4, 0.5) is 0 Å². The number of rotatable bonds is 1. The van der Waals surface area contributed by atoms with Gasteiger partial charge in [0, 0.05) is 5.39 Å². The van der Waals surface area contributed by atoms with E-state index in [0.29, 0.717) is 5.69 Å². The van der Waals surface area contributed by atoms with Gasteiger partial charge in [0.2, 0.25) is 0 Å². The summed E-state index contributed by atoms with van der Waals surface area (Å²) in [5, 5.41) is 10.1. The maximum absolute atomic E-state index is 9.06. The van der Waals surface area contributed by atoms with Gasteiger partial charge in [-0.1, -0.05) is 48.5 Å². The molecule has 3 aromatic rings. The van der Waals surface area contributed by atoms with Crippen LogP contribution in [0.5, 0.6) is 0 Å². The Morgan fingerprint density at radius 3 is 2.39 bits per heavy atom. The van der Waals surface area contributed by atoms with E-state index in [0.717, 1.165) is 22.0 Å². The zero-order chi connectivity index (χ0) is 12.4. The van der Waals surface area contributed by atoms with E-state index < -0.39 is 0 Å². The predicted molar refractivity (Wildman–Crippen MR) is 71.9 cm³/mol. The van der Waals surface area contributed by atoms with Crippen molar-refractivity contribution in [2.24, 2.45) is 0 Å². The monoisotopic (exact) mass is 230 g/mol. The molecule has 0 aliphatic heterocycles. The fourth-order valence-electron chi connectivity index (χ4n) is 2.09. The molecular weight excluding hydrogens is 220 g/mol. The van der Waals surface area contributed by atoms with Gasteiger partial charge in [-0.25, -0.2) is 4.98 Å². The molecule has 0 N–H and O–H groups in total. The van der Waals surface area contributed by atoms with Crippen LogP contribution in [0, 0.1) is 11.3 Å². The minimum Gasteiger partial charge on any atom is -0.237 e. The van der Waals surface area contributed by atoms with Crippen LogP contribution in [0.2, 0.25) is 0 Å². The SMILES string of the molecule is N#Cc1cc(-c2ccccc2)c2ccccc2n1. The molecule has 18 heavy (non-hydrogen) atoms. The van der Waals surface area contributed by atoms with Gasteiger partial charge in [-0.3, -0.25) is 0 Å². The zero-order valence-electron chi connectivity index (χ0n) is 9.67. The van der Waals surface area contributed by atoms with Crippen molar-refractivity contribution in [3.63, 3.8) is 0 Å². The first-order valence-corrected chi connectivity index (χ1v) is 5.74. The summed E-state index contributed by atoms with van der Waals surface area (Å²) in [5.41, 5.74) is 3.47. The molecule has 2 heteroatoms. The quantitative estimate of drug-likeness (QED) is 0.638. The molecule has 0 spiro atoms. The third kappa shape index (κ3) is 1.72. The van der Waals surface area contributed by atoms with Crippen molar-refractivity contribution >= 4 is 10.9 Å². The smallest absolute Gasteiger partial charge is 0.141 e. The Morgan fingerprint density at radius 1 is 0.889 bits per heavy atom. The predicted octanol–water partition coefficient (Wildman–Crippen LogP) is 3.77. The molecular formula is C16H10N2. The molecule has 0 radical (unpaired) electrons. The third-order valence-electron chi connectivity index (χ3n) is 2.92. The zero-order valence-corrected chi connectivity index (χ0v) is 9.67. The van der Waals surface area contributed by atoms with Crippen LogP contribution in [0.3, 0.4) is 0 Å². The lowest BCUT2D eigenvalue weighted by atomic mass is 10.0. The molecule has 3 rings (SSSR count). The molecule has 0 atom stereocenters. The van der Waals surface area contributed by atoms with Gasteiger partial charge in [0.15, 0.2) is 0 Å². The number of benzene rings is 2. The van der Waals surface area contributed by atoms with Crippen LogP contribution in [-0.2, 0) is 0 Å². The van der Waals surface area contributed by atoms with Gasteiger partial charge in [0.25, 0.3) is 0 Å². The van der Waals surface area contributed by atoms with Crippen molar-refractivity contribution in [3.05, 3.63) is 66.4 Å². The van der Waals surface area contributed by atoms with E-state index in [1.807, 2.05) is 60.7 Å². The van der Waals surface area contributed by atoms with Gasteiger partial charge in [-0.05, 0) is 23.3 Å². The van der Waals surface area contributed by atoms with Crippen LogP contribution in [0.15, 0.2) is 60.7 Å². The summed E-state index contributed by atoms with van der Waals surface area (Å²) >= 11 is 0. The maximum atomic E-state index is 9.06. The summed E-state index contributed by atoms with van der Waals surface area (Å²) in [6.07, 6.45) is 0. The van der Waals surface area contributed by atoms with E-state index in [2.05, 4.69) is 11.1 Å². The summed E-state index contributed by atoms with van der Waals surface area (Å²) in [4.78, 5) is 4.32. The van der Waals surface area contributed by atoms with Gasteiger partial charge in [-0.15, -0.1) is 0 Å². The van der Waals surface area contributed by atoms with Crippen LogP contribution in [-0.4, -0.2) is 4.98 Å². The number of nitrogens with zero attached hydrogens (tertiary/aromatic N) is 2. The van der Waals surface area contributed by atoms with Gasteiger partial charge in [0.05, 0.1) is 5.52 Å². The molecule has 1 aromatic heterocycles. The summed E-state index contributed by atoms with van der Waals surface area (Å²) < 4.78 is 0. The highest BCUT2D eigenvalue weighted by Crippen LogP contribution is 2.28. The molecule has 2 nitrogen and oxygen atoms in total. The lowest BCUT2D eigenvalue weighted by Crippen LogP contribution is -1.88. The lowest BCUT2D eigenvalue weighted by molar-refractivity contribution is 1.32. The third-order valence-corrected chi connectivity index (χ3v) is 2.92. The number of pyridine rings is 1. The fraction of sp³-hybridized carbons (Fsp3) is 0. The highest BCUT2D eigenvalue weighted by atomic mass is 14.7. The van der Waals surface area contributed by atoms with E-state index in [-0.39, 0.29) is 0 Å². The van der Waals surface area contributed by atoms with E-state index >= 15 is 0 Å². The number of aromatic nitrogens is 1. The van der Waals surface area contributed by atoms with Crippen molar-refractivity contribution in [2.75, 3.05) is 0 Å². The highest BCUT2D eigenvalue weighted by Gasteiger charge is 2.06. The Balaban J connectivity index is 2.38. The molecule has 1 heterocycles. The molecule has 0 bridgehead atoms. The summed E-state index contributed by atoms with van der Waals surface area (Å²) in [5.74, 6) is 0. The van der Waals surface area contributed by atoms with Gasteiger partial charge in [0.1, 0.15) is 11.8 Å². The fourth-order valence-corrected chi connectivity index (χ4v) is 2.09. The van der Waals surface area contributed by atoms with Crippen LogP contribution in [0.25, 0.3) is 22.0 Å². The molecule has 0 saturated carbocycles. The van der Waals surface area contributed by atoms with Crippen molar-refractivity contribution in [2.45, 2.75) is 0 Å². The first kappa shape index (κ1) is 10.5. The number of fused-ring (bicyclic) bond motifs is 1. The van der Waals surface area contributed by atoms with E-state index in [1.54, 1.807) is 0 Å². The van der Waals surface area contributed by atoms with Crippen molar-refractivity contribution in [3.8, 4) is 17.2 Å². The highest BCUT2D eigenvalue weighted by molar-refractivity contribution is 5.94. The molecule has 0 unspecified atom stereocenters. The normalized spacial score (nSPS) is 10.2. The van der Waals surface area contributed by atoms with E-state index in [4.69, 9.17) is 5.26 Å². The average Bonchev–Trinajstić information content (AvgIpc) is 2.47. The van der Waals surface area contributed by atoms with Crippen molar-refractivity contribution in [1.29, 1.82) is 5.26 Å². The number of para-hydroxylation sites is 1. The first-order valence-electron chi connectivity index (χ1n) is 5.74. The van der Waals surface area contributed by atoms with Crippen LogP contribution >= 0.6 is 0 Å². The van der Waals surface area contributed by atoms with E-state index in [9.17, 15) is 0 Å². The number of hydrogen-bond acceptors (Lipinski definition) is 2. The van der Waals surface area contributed by atoms with Gasteiger partial charge < -0.3 is 0 Å². The number of hydrogen-bond donors (Lipinski definition) is 0. The summed E-state index contributed by atoms with van der Waals surface area (Å²) in [6.45, 7) is 0. The minimum atomic E-state index is 0.451. The number of nitriles is 1. The Bertz CT molecular complexity index is 740. The summed E-state index contributed by atoms with van der Waals surface area (Å²) in [6, 6.07) is 21.9. The standard InChI is InChI=1S/C16H10N2/c17-11-13-10-15(12-6-2-1-3-7-12)14-8-4-5-9-16(14)18-13/h1-10H. The second kappa shape index (κ2) is 4.31. The van der Waals surface area contributed by atoms with Crippen molar-refractivity contribution < 1.29 is 0 Å². The second-order valence-corrected chi connectivity index (χ2v) is 4.05. The van der Waals surface area contributed by atoms with Crippen LogP contribution < -0.4 is 0 Å². The molecule has 0 aliphatic rings. The van der Waals surface area contributed by atoms with E-state index in [1.165, 1.54) is 0 Å². The molecule has 0 fully saturated rings. The molecule has 84 valence electrons. The van der Waals surface area contributed by atoms with Gasteiger partial charge in [-0.2, -0.15) is 5.26 Å². The van der Waals surface area contributed by atoms with Crippen LogP contribution in [0.1, 0.15) is 5.69 Å². The van der Waals surface area contributed by atoms with Crippen molar-refractivity contribution in [1.82, 2.24) is 4.98 Å². The Morgan fingerprint density at radius 2 is 1.61 bits per heavy atom. The molecule has 0 saturated heterocycles. The topological polar surface area (TPSA) is 36.7 Å². The largest absolute Gasteiger partial charge is 0.237 e. The summed E-state index contributed by atoms with van der Waals surface area (Å²) in [7, 11) is 0. The lowest BCUT2D eigenvalue weighted by Gasteiger charge is -2.06. The molecule has 0 amide bonds. The van der Waals surface area contributed by atoms with Gasteiger partial charge >= 0.3 is 0 Å². The Hall–Kier alpha value is -2.66. The Labute approximate surface area is 105 Å². The second-order valence-electron chi connectivity index (χ2n) is 4.05.